The maximum Gasteiger partial charge on any atom is 0.407 e. The lowest BCUT2D eigenvalue weighted by atomic mass is 10.1. The molecule has 0 rings (SSSR count). The normalized spacial score (nSPS) is 11.5. The van der Waals surface area contributed by atoms with E-state index in [4.69, 9.17) is 19.9 Å². The molecule has 0 aromatic rings. The Hall–Kier alpha value is -3.82. The van der Waals surface area contributed by atoms with Crippen molar-refractivity contribution in [2.24, 2.45) is 5.73 Å². The number of amides is 6. The molecule has 0 aliphatic heterocycles. The SMILES string of the molecule is CCCCNC(=O)OC(C)(C)C.CCCCNC(=O)OC(C)(C)C.CN(C)C(=O)CNC(=O)[C@H](CCCCNC(=O)OC(C)(C)C)NC(=O)CN. The molecule has 0 aromatic heterocycles. The second-order valence-corrected chi connectivity index (χ2v) is 14.8. The predicted octanol–water partition coefficient (Wildman–Crippen LogP) is 3.95. The Labute approximate surface area is 306 Å². The van der Waals surface area contributed by atoms with Gasteiger partial charge in [-0.3, -0.25) is 14.4 Å². The van der Waals surface area contributed by atoms with Crippen LogP contribution in [0.15, 0.2) is 0 Å². The van der Waals surface area contributed by atoms with Gasteiger partial charge >= 0.3 is 18.3 Å². The van der Waals surface area contributed by atoms with Gasteiger partial charge < -0.3 is 51.4 Å². The van der Waals surface area contributed by atoms with Crippen LogP contribution in [0.2, 0.25) is 0 Å². The minimum Gasteiger partial charge on any atom is -0.444 e. The summed E-state index contributed by atoms with van der Waals surface area (Å²) >= 11 is 0. The average Bonchev–Trinajstić information content (AvgIpc) is 2.97. The summed E-state index contributed by atoms with van der Waals surface area (Å²) in [6, 6.07) is -0.794. The van der Waals surface area contributed by atoms with Crippen LogP contribution in [0.5, 0.6) is 0 Å². The van der Waals surface area contributed by atoms with Crippen LogP contribution in [0, 0.1) is 0 Å². The van der Waals surface area contributed by atoms with Gasteiger partial charge in [-0.15, -0.1) is 0 Å². The standard InChI is InChI=1S/C17H33N5O5.2C9H19NO2/c1-17(2,3)27-16(26)19-9-7-6-8-12(21-13(23)10-18)15(25)20-11-14(24)22(4)5;2*1-5-6-7-10-8(11)12-9(2,3)4/h12H,6-11,18H2,1-5H3,(H,19,26)(H,20,25)(H,21,23);2*5-7H2,1-4H3,(H,10,11)/t12-;;/m0../s1. The molecular weight excluding hydrogens is 662 g/mol. The fourth-order valence-corrected chi connectivity index (χ4v) is 3.31. The molecule has 0 unspecified atom stereocenters. The van der Waals surface area contributed by atoms with E-state index in [2.05, 4.69) is 40.4 Å². The maximum absolute atomic E-state index is 12.2. The number of nitrogens with zero attached hydrogens (tertiary/aromatic N) is 1. The van der Waals surface area contributed by atoms with Crippen LogP contribution in [0.25, 0.3) is 0 Å². The Bertz CT molecular complexity index is 985. The number of unbranched alkanes of at least 4 members (excludes halogenated alkanes) is 3. The zero-order chi connectivity index (χ0) is 40.3. The molecule has 0 spiro atoms. The van der Waals surface area contributed by atoms with Crippen LogP contribution in [0.1, 0.15) is 121 Å². The van der Waals surface area contributed by atoms with Crippen molar-refractivity contribution in [1.82, 2.24) is 31.5 Å². The molecule has 300 valence electrons. The monoisotopic (exact) mass is 734 g/mol. The Balaban J connectivity index is -0.000000791. The zero-order valence-corrected chi connectivity index (χ0v) is 33.8. The first kappa shape index (κ1) is 51.5. The topological polar surface area (TPSA) is 220 Å². The molecule has 0 aromatic carbocycles. The number of rotatable bonds is 16. The molecule has 0 heterocycles. The molecule has 16 heteroatoms. The Kier molecular flexibility index (Phi) is 28.1. The van der Waals surface area contributed by atoms with E-state index in [-0.39, 0.29) is 31.2 Å². The van der Waals surface area contributed by atoms with E-state index in [0.717, 1.165) is 25.7 Å². The van der Waals surface area contributed by atoms with Crippen LogP contribution in [0.3, 0.4) is 0 Å². The lowest BCUT2D eigenvalue weighted by Crippen LogP contribution is -2.50. The van der Waals surface area contributed by atoms with E-state index in [1.54, 1.807) is 34.9 Å². The van der Waals surface area contributed by atoms with Crippen LogP contribution < -0.4 is 32.3 Å². The third-order valence-corrected chi connectivity index (χ3v) is 5.73. The molecule has 0 aliphatic rings. The van der Waals surface area contributed by atoms with Gasteiger partial charge in [-0.1, -0.05) is 26.7 Å². The summed E-state index contributed by atoms with van der Waals surface area (Å²) in [5.41, 5.74) is 3.93. The van der Waals surface area contributed by atoms with Crippen molar-refractivity contribution < 1.29 is 43.0 Å². The maximum atomic E-state index is 12.2. The van der Waals surface area contributed by atoms with Gasteiger partial charge in [0.2, 0.25) is 17.7 Å². The van der Waals surface area contributed by atoms with Gasteiger partial charge in [0.15, 0.2) is 0 Å². The van der Waals surface area contributed by atoms with E-state index in [1.807, 2.05) is 41.5 Å². The van der Waals surface area contributed by atoms with Crippen LogP contribution in [-0.4, -0.2) is 111 Å². The number of ether oxygens (including phenoxy) is 3. The number of carbonyl (C=O) groups excluding carboxylic acids is 6. The van der Waals surface area contributed by atoms with E-state index in [9.17, 15) is 28.8 Å². The minimum atomic E-state index is -0.794. The molecule has 16 nitrogen and oxygen atoms in total. The summed E-state index contributed by atoms with van der Waals surface area (Å²) in [4.78, 5) is 70.2. The molecule has 51 heavy (non-hydrogen) atoms. The summed E-state index contributed by atoms with van der Waals surface area (Å²) < 4.78 is 15.2. The number of carbonyl (C=O) groups is 6. The van der Waals surface area contributed by atoms with Crippen LogP contribution >= 0.6 is 0 Å². The Morgan fingerprint density at radius 2 is 0.980 bits per heavy atom. The second kappa shape index (κ2) is 27.8. The van der Waals surface area contributed by atoms with Crippen molar-refractivity contribution in [1.29, 1.82) is 0 Å². The number of hydrogen-bond donors (Lipinski definition) is 6. The lowest BCUT2D eigenvalue weighted by molar-refractivity contribution is -0.132. The fourth-order valence-electron chi connectivity index (χ4n) is 3.31. The van der Waals surface area contributed by atoms with Gasteiger partial charge in [-0.2, -0.15) is 0 Å². The summed E-state index contributed by atoms with van der Waals surface area (Å²) in [5.74, 6) is -1.16. The molecule has 0 bridgehead atoms. The smallest absolute Gasteiger partial charge is 0.407 e. The minimum absolute atomic E-state index is 0.152. The predicted molar refractivity (Wildman–Crippen MR) is 199 cm³/mol. The molecule has 0 fully saturated rings. The lowest BCUT2D eigenvalue weighted by Gasteiger charge is -2.20. The first-order valence-electron chi connectivity index (χ1n) is 17.7. The van der Waals surface area contributed by atoms with Crippen molar-refractivity contribution in [3.05, 3.63) is 0 Å². The molecule has 0 saturated carbocycles. The summed E-state index contributed by atoms with van der Waals surface area (Å²) in [6.07, 6.45) is 4.52. The largest absolute Gasteiger partial charge is 0.444 e. The number of nitrogens with two attached hydrogens (primary N) is 1. The van der Waals surface area contributed by atoms with Crippen molar-refractivity contribution in [2.75, 3.05) is 46.8 Å². The number of hydrogen-bond acceptors (Lipinski definition) is 10. The van der Waals surface area contributed by atoms with Gasteiger partial charge in [0.05, 0.1) is 13.1 Å². The summed E-state index contributed by atoms with van der Waals surface area (Å²) in [7, 11) is 3.17. The third-order valence-electron chi connectivity index (χ3n) is 5.73. The first-order valence-corrected chi connectivity index (χ1v) is 17.7. The number of alkyl carbamates (subject to hydrolysis) is 3. The van der Waals surface area contributed by atoms with Gasteiger partial charge in [0.1, 0.15) is 22.8 Å². The first-order chi connectivity index (χ1) is 23.4. The number of likely N-dealkylation sites (N-methyl/N-ethyl adjacent to an activating group) is 1. The second-order valence-electron chi connectivity index (χ2n) is 14.8. The quantitative estimate of drug-likeness (QED) is 0.0991. The summed E-state index contributed by atoms with van der Waals surface area (Å²) in [6.45, 7) is 22.0. The highest BCUT2D eigenvalue weighted by Gasteiger charge is 2.21. The molecule has 0 saturated heterocycles. The molecule has 0 radical (unpaired) electrons. The highest BCUT2D eigenvalue weighted by Crippen LogP contribution is 2.08. The molecule has 1 atom stereocenters. The van der Waals surface area contributed by atoms with Gasteiger partial charge in [-0.05, 0) is 94.4 Å². The molecule has 7 N–H and O–H groups in total. The number of nitrogens with one attached hydrogen (secondary N) is 5. The Morgan fingerprint density at radius 3 is 1.29 bits per heavy atom. The average molecular weight is 734 g/mol. The molecular formula is C35H71N7O9. The van der Waals surface area contributed by atoms with Crippen molar-refractivity contribution in [3.63, 3.8) is 0 Å². The van der Waals surface area contributed by atoms with Crippen LogP contribution in [0.4, 0.5) is 14.4 Å². The van der Waals surface area contributed by atoms with Crippen molar-refractivity contribution in [3.8, 4) is 0 Å². The highest BCUT2D eigenvalue weighted by atomic mass is 16.6. The highest BCUT2D eigenvalue weighted by molar-refractivity contribution is 5.90. The summed E-state index contributed by atoms with van der Waals surface area (Å²) in [5, 5.41) is 13.0. The van der Waals surface area contributed by atoms with Crippen LogP contribution in [-0.2, 0) is 28.6 Å². The van der Waals surface area contributed by atoms with Gasteiger partial charge in [0, 0.05) is 33.7 Å². The third kappa shape index (κ3) is 38.8. The zero-order valence-electron chi connectivity index (χ0n) is 33.8. The van der Waals surface area contributed by atoms with Crippen molar-refractivity contribution >= 4 is 36.0 Å². The molecule has 6 amide bonds. The van der Waals surface area contributed by atoms with E-state index < -0.39 is 40.8 Å². The fraction of sp³-hybridized carbons (Fsp3) is 0.829. The Morgan fingerprint density at radius 1 is 0.608 bits per heavy atom. The van der Waals surface area contributed by atoms with Gasteiger partial charge in [-0.25, -0.2) is 14.4 Å². The van der Waals surface area contributed by atoms with E-state index in [0.29, 0.717) is 38.9 Å². The van der Waals surface area contributed by atoms with Crippen molar-refractivity contribution in [2.45, 2.75) is 144 Å². The van der Waals surface area contributed by atoms with Gasteiger partial charge in [0.25, 0.3) is 0 Å². The molecule has 0 aliphatic carbocycles. The van der Waals surface area contributed by atoms with E-state index in [1.165, 1.54) is 4.90 Å². The van der Waals surface area contributed by atoms with E-state index >= 15 is 0 Å².